The zero-order valence-electron chi connectivity index (χ0n) is 21.7. The molecule has 208 valence electrons. The van der Waals surface area contributed by atoms with Gasteiger partial charge in [-0.1, -0.05) is 23.8 Å². The molecule has 1 aliphatic carbocycles. The lowest BCUT2D eigenvalue weighted by Gasteiger charge is -2.25. The van der Waals surface area contributed by atoms with Gasteiger partial charge in [0.2, 0.25) is 6.36 Å². The number of rotatable bonds is 10. The van der Waals surface area contributed by atoms with Gasteiger partial charge in [0, 0.05) is 54.7 Å². The van der Waals surface area contributed by atoms with Gasteiger partial charge in [-0.2, -0.15) is 10.2 Å². The number of alkyl halides is 1. The van der Waals surface area contributed by atoms with Crippen molar-refractivity contribution < 1.29 is 18.7 Å². The van der Waals surface area contributed by atoms with Crippen molar-refractivity contribution >= 4 is 28.8 Å². The van der Waals surface area contributed by atoms with Gasteiger partial charge >= 0.3 is 0 Å². The molecule has 6 rings (SSSR count). The first-order valence-electron chi connectivity index (χ1n) is 13.3. The summed E-state index contributed by atoms with van der Waals surface area (Å²) in [6.45, 7) is 4.57. The van der Waals surface area contributed by atoms with E-state index in [1.54, 1.807) is 47.5 Å². The first-order chi connectivity index (χ1) is 19.5. The summed E-state index contributed by atoms with van der Waals surface area (Å²) in [6, 6.07) is 6.68. The van der Waals surface area contributed by atoms with Crippen LogP contribution in [-0.4, -0.2) is 74.4 Å². The highest BCUT2D eigenvalue weighted by Crippen LogP contribution is 2.40. The number of anilines is 1. The Balaban J connectivity index is 1.29. The highest BCUT2D eigenvalue weighted by atomic mass is 35.5. The molecule has 0 spiro atoms. The molecule has 1 saturated carbocycles. The van der Waals surface area contributed by atoms with Crippen molar-refractivity contribution in [2.75, 3.05) is 38.2 Å². The number of nitrogens with zero attached hydrogens (tertiary/aromatic N) is 6. The summed E-state index contributed by atoms with van der Waals surface area (Å²) in [5, 5.41) is 12.3. The van der Waals surface area contributed by atoms with Crippen molar-refractivity contribution in [2.24, 2.45) is 5.92 Å². The average Bonchev–Trinajstić information content (AvgIpc) is 3.62. The number of benzene rings is 1. The smallest absolute Gasteiger partial charge is 0.261 e. The van der Waals surface area contributed by atoms with E-state index in [0.29, 0.717) is 45.5 Å². The third-order valence-corrected chi connectivity index (χ3v) is 7.12. The molecular formula is C28H29ClFN7O3. The third-order valence-electron chi connectivity index (χ3n) is 6.89. The van der Waals surface area contributed by atoms with Crippen LogP contribution in [0.15, 0.2) is 61.2 Å². The van der Waals surface area contributed by atoms with Crippen LogP contribution in [0.25, 0.3) is 16.9 Å². The summed E-state index contributed by atoms with van der Waals surface area (Å²) in [6.07, 6.45) is 10.8. The SMILES string of the molecule is O=C(Nc1cn(C/C=C/CN2CCOCC2)nc1-c1cc(Cl)ccc1OC(F)C1CC1)c1cnn2cccnc12. The van der Waals surface area contributed by atoms with Crippen LogP contribution in [-0.2, 0) is 11.3 Å². The van der Waals surface area contributed by atoms with Crippen molar-refractivity contribution in [2.45, 2.75) is 25.7 Å². The Morgan fingerprint density at radius 2 is 2.08 bits per heavy atom. The van der Waals surface area contributed by atoms with Crippen LogP contribution in [0.2, 0.25) is 5.02 Å². The second-order valence-corrected chi connectivity index (χ2v) is 10.3. The van der Waals surface area contributed by atoms with Crippen LogP contribution in [0.5, 0.6) is 5.75 Å². The maximum Gasteiger partial charge on any atom is 0.261 e. The van der Waals surface area contributed by atoms with Crippen molar-refractivity contribution in [1.29, 1.82) is 0 Å². The Bertz CT molecular complexity index is 1530. The second-order valence-electron chi connectivity index (χ2n) is 9.84. The fraction of sp³-hybridized carbons (Fsp3) is 0.357. The van der Waals surface area contributed by atoms with Crippen LogP contribution < -0.4 is 10.1 Å². The van der Waals surface area contributed by atoms with E-state index in [2.05, 4.69) is 26.4 Å². The fourth-order valence-electron chi connectivity index (χ4n) is 4.54. The van der Waals surface area contributed by atoms with Gasteiger partial charge < -0.3 is 14.8 Å². The van der Waals surface area contributed by atoms with Crippen LogP contribution in [0.1, 0.15) is 23.2 Å². The van der Waals surface area contributed by atoms with E-state index in [0.717, 1.165) is 45.7 Å². The van der Waals surface area contributed by atoms with Crippen LogP contribution in [0.3, 0.4) is 0 Å². The summed E-state index contributed by atoms with van der Waals surface area (Å²) in [4.78, 5) is 19.9. The molecule has 1 amide bonds. The lowest BCUT2D eigenvalue weighted by molar-refractivity contribution is 0.0434. The molecule has 0 radical (unpaired) electrons. The lowest BCUT2D eigenvalue weighted by atomic mass is 10.1. The van der Waals surface area contributed by atoms with E-state index >= 15 is 0 Å². The standard InChI is InChI=1S/C28H29ClFN7O3/c29-20-6-7-24(40-26(30)19-4-5-19)21(16-20)25-23(33-28(38)22-17-32-37-11-3-8-31-27(22)37)18-36(34-25)10-2-1-9-35-12-14-39-15-13-35/h1-3,6-8,11,16-19,26H,4-5,9-10,12-15H2,(H,33,38)/b2-1+. The van der Waals surface area contributed by atoms with Crippen LogP contribution >= 0.6 is 11.6 Å². The number of hydrogen-bond acceptors (Lipinski definition) is 7. The number of carbonyl (C=O) groups is 1. The van der Waals surface area contributed by atoms with E-state index in [9.17, 15) is 9.18 Å². The Morgan fingerprint density at radius 1 is 1.25 bits per heavy atom. The van der Waals surface area contributed by atoms with Gasteiger partial charge in [-0.3, -0.25) is 14.4 Å². The number of amides is 1. The van der Waals surface area contributed by atoms with Crippen molar-refractivity contribution in [3.63, 3.8) is 0 Å². The van der Waals surface area contributed by atoms with Gasteiger partial charge in [0.15, 0.2) is 5.65 Å². The van der Waals surface area contributed by atoms with Crippen LogP contribution in [0, 0.1) is 5.92 Å². The number of halogens is 2. The largest absolute Gasteiger partial charge is 0.459 e. The zero-order chi connectivity index (χ0) is 27.5. The van der Waals surface area contributed by atoms with Crippen molar-refractivity contribution in [3.8, 4) is 17.0 Å². The van der Waals surface area contributed by atoms with E-state index in [1.165, 1.54) is 10.7 Å². The molecule has 4 heterocycles. The van der Waals surface area contributed by atoms with Gasteiger partial charge in [-0.05, 0) is 37.1 Å². The van der Waals surface area contributed by atoms with E-state index in [-0.39, 0.29) is 5.92 Å². The predicted octanol–water partition coefficient (Wildman–Crippen LogP) is 4.47. The maximum atomic E-state index is 14.7. The summed E-state index contributed by atoms with van der Waals surface area (Å²) in [7, 11) is 0. The molecule has 1 unspecified atom stereocenters. The topological polar surface area (TPSA) is 98.8 Å². The quantitative estimate of drug-likeness (QED) is 0.283. The van der Waals surface area contributed by atoms with E-state index in [1.807, 2.05) is 6.08 Å². The van der Waals surface area contributed by atoms with Gasteiger partial charge in [-0.25, -0.2) is 13.9 Å². The molecule has 3 aromatic heterocycles. The first kappa shape index (κ1) is 26.4. The van der Waals surface area contributed by atoms with Gasteiger partial charge in [0.25, 0.3) is 5.91 Å². The molecule has 1 atom stereocenters. The Morgan fingerprint density at radius 3 is 2.90 bits per heavy atom. The predicted molar refractivity (Wildman–Crippen MR) is 148 cm³/mol. The molecule has 0 bridgehead atoms. The molecule has 1 N–H and O–H groups in total. The molecule has 4 aromatic rings. The number of aromatic nitrogens is 5. The van der Waals surface area contributed by atoms with E-state index in [4.69, 9.17) is 26.2 Å². The summed E-state index contributed by atoms with van der Waals surface area (Å²) in [5.41, 5.74) is 2.07. The number of fused-ring (bicyclic) bond motifs is 1. The number of carbonyl (C=O) groups excluding carboxylic acids is 1. The molecule has 12 heteroatoms. The molecular weight excluding hydrogens is 537 g/mol. The lowest BCUT2D eigenvalue weighted by Crippen LogP contribution is -2.36. The monoisotopic (exact) mass is 565 g/mol. The second kappa shape index (κ2) is 11.7. The summed E-state index contributed by atoms with van der Waals surface area (Å²) < 4.78 is 29.0. The maximum absolute atomic E-state index is 14.7. The molecule has 10 nitrogen and oxygen atoms in total. The van der Waals surface area contributed by atoms with E-state index < -0.39 is 12.3 Å². The summed E-state index contributed by atoms with van der Waals surface area (Å²) >= 11 is 6.35. The highest BCUT2D eigenvalue weighted by Gasteiger charge is 2.34. The average molecular weight is 566 g/mol. The molecule has 2 fully saturated rings. The molecule has 1 aliphatic heterocycles. The molecule has 2 aliphatic rings. The van der Waals surface area contributed by atoms with Crippen molar-refractivity contribution in [1.82, 2.24) is 29.3 Å². The van der Waals surface area contributed by atoms with Crippen molar-refractivity contribution in [3.05, 3.63) is 71.8 Å². The molecule has 40 heavy (non-hydrogen) atoms. The van der Waals surface area contributed by atoms with Crippen LogP contribution in [0.4, 0.5) is 10.1 Å². The van der Waals surface area contributed by atoms with Gasteiger partial charge in [-0.15, -0.1) is 0 Å². The number of allylic oxidation sites excluding steroid dienone is 1. The number of nitrogens with one attached hydrogen (secondary N) is 1. The Labute approximate surface area is 235 Å². The highest BCUT2D eigenvalue weighted by molar-refractivity contribution is 6.31. The zero-order valence-corrected chi connectivity index (χ0v) is 22.5. The minimum absolute atomic E-state index is 0.111. The Hall–Kier alpha value is -3.80. The number of morpholine rings is 1. The minimum Gasteiger partial charge on any atom is -0.459 e. The molecule has 1 aromatic carbocycles. The summed E-state index contributed by atoms with van der Waals surface area (Å²) in [5.74, 6) is -0.201. The number of ether oxygens (including phenoxy) is 2. The minimum atomic E-state index is -1.42. The Kier molecular flexibility index (Phi) is 7.76. The third kappa shape index (κ3) is 6.01. The molecule has 1 saturated heterocycles. The first-order valence-corrected chi connectivity index (χ1v) is 13.7. The normalized spacial score (nSPS) is 16.9. The fourth-order valence-corrected chi connectivity index (χ4v) is 4.71. The number of hydrogen-bond donors (Lipinski definition) is 1. The van der Waals surface area contributed by atoms with Gasteiger partial charge in [0.1, 0.15) is 17.0 Å². The van der Waals surface area contributed by atoms with Gasteiger partial charge in [0.05, 0.1) is 31.6 Å².